The number of hydrogen-bond donors (Lipinski definition) is 0. The van der Waals surface area contributed by atoms with Gasteiger partial charge in [0.25, 0.3) is 0 Å². The number of benzene rings is 1. The molecular formula is C13H15ClN2. The van der Waals surface area contributed by atoms with Crippen LogP contribution >= 0.6 is 11.6 Å². The summed E-state index contributed by atoms with van der Waals surface area (Å²) in [6.45, 7) is 2.68. The standard InChI is InChI=1S/C13H15ClN2/c14-13(9-15)10-16-7-5-11-3-1-2-4-12(11)6-8-16/h1-4,13H,5-8,10H2. The molecule has 2 nitrogen and oxygen atoms in total. The van der Waals surface area contributed by atoms with Gasteiger partial charge in [-0.2, -0.15) is 5.26 Å². The Bertz CT molecular complexity index is 370. The summed E-state index contributed by atoms with van der Waals surface area (Å²) in [5, 5.41) is 8.31. The molecule has 0 radical (unpaired) electrons. The molecule has 1 heterocycles. The summed E-state index contributed by atoms with van der Waals surface area (Å²) in [6, 6.07) is 10.7. The van der Waals surface area contributed by atoms with Gasteiger partial charge in [-0.05, 0) is 24.0 Å². The van der Waals surface area contributed by atoms with Crippen LogP contribution in [0.3, 0.4) is 0 Å². The molecule has 0 bridgehead atoms. The molecule has 0 fully saturated rings. The van der Waals surface area contributed by atoms with E-state index >= 15 is 0 Å². The number of fused-ring (bicyclic) bond motifs is 1. The lowest BCUT2D eigenvalue weighted by Crippen LogP contribution is -2.31. The minimum atomic E-state index is -0.388. The third kappa shape index (κ3) is 2.75. The van der Waals surface area contributed by atoms with Crippen LogP contribution in [0.1, 0.15) is 11.1 Å². The predicted molar refractivity (Wildman–Crippen MR) is 65.5 cm³/mol. The number of rotatable bonds is 2. The minimum Gasteiger partial charge on any atom is -0.300 e. The molecule has 1 aromatic rings. The highest BCUT2D eigenvalue weighted by Gasteiger charge is 2.15. The normalized spacial score (nSPS) is 18.2. The quantitative estimate of drug-likeness (QED) is 0.734. The Hall–Kier alpha value is -1.04. The van der Waals surface area contributed by atoms with Gasteiger partial charge < -0.3 is 4.90 Å². The number of halogens is 1. The van der Waals surface area contributed by atoms with Crippen LogP contribution in [0.4, 0.5) is 0 Å². The number of nitriles is 1. The molecule has 0 spiro atoms. The maximum absolute atomic E-state index is 8.70. The second-order valence-electron chi connectivity index (χ2n) is 4.17. The SMILES string of the molecule is N#CC(Cl)CN1CCc2ccccc2CC1. The Morgan fingerprint density at radius 2 is 1.81 bits per heavy atom. The topological polar surface area (TPSA) is 27.0 Å². The van der Waals surface area contributed by atoms with Gasteiger partial charge in [-0.15, -0.1) is 11.6 Å². The molecule has 3 heteroatoms. The van der Waals surface area contributed by atoms with Crippen molar-refractivity contribution < 1.29 is 0 Å². The first-order valence-electron chi connectivity index (χ1n) is 5.62. The zero-order valence-electron chi connectivity index (χ0n) is 9.19. The van der Waals surface area contributed by atoms with Gasteiger partial charge in [-0.3, -0.25) is 0 Å². The molecule has 1 aliphatic rings. The van der Waals surface area contributed by atoms with Crippen LogP contribution < -0.4 is 0 Å². The average molecular weight is 235 g/mol. The summed E-state index contributed by atoms with van der Waals surface area (Å²) < 4.78 is 0. The zero-order valence-corrected chi connectivity index (χ0v) is 9.95. The van der Waals surface area contributed by atoms with Crippen molar-refractivity contribution in [3.63, 3.8) is 0 Å². The van der Waals surface area contributed by atoms with Crippen molar-refractivity contribution in [2.75, 3.05) is 19.6 Å². The van der Waals surface area contributed by atoms with Crippen LogP contribution in [0, 0.1) is 11.3 Å². The van der Waals surface area contributed by atoms with Gasteiger partial charge in [-0.25, -0.2) is 0 Å². The van der Waals surface area contributed by atoms with Crippen LogP contribution in [0.5, 0.6) is 0 Å². The lowest BCUT2D eigenvalue weighted by atomic mass is 10.0. The molecule has 1 aromatic carbocycles. The number of nitrogens with zero attached hydrogens (tertiary/aromatic N) is 2. The van der Waals surface area contributed by atoms with Gasteiger partial charge in [-0.1, -0.05) is 24.3 Å². The first-order valence-corrected chi connectivity index (χ1v) is 6.06. The molecule has 84 valence electrons. The second kappa shape index (κ2) is 5.34. The van der Waals surface area contributed by atoms with Crippen molar-refractivity contribution in [3.05, 3.63) is 35.4 Å². The highest BCUT2D eigenvalue weighted by atomic mass is 35.5. The lowest BCUT2D eigenvalue weighted by Gasteiger charge is -2.19. The minimum absolute atomic E-state index is 0.388. The largest absolute Gasteiger partial charge is 0.300 e. The fourth-order valence-electron chi connectivity index (χ4n) is 2.16. The molecule has 0 amide bonds. The third-order valence-electron chi connectivity index (χ3n) is 3.07. The van der Waals surface area contributed by atoms with E-state index in [0.717, 1.165) is 25.9 Å². The van der Waals surface area contributed by atoms with Crippen LogP contribution in [0.25, 0.3) is 0 Å². The zero-order chi connectivity index (χ0) is 11.4. The van der Waals surface area contributed by atoms with E-state index in [-0.39, 0.29) is 5.38 Å². The van der Waals surface area contributed by atoms with Gasteiger partial charge in [0.15, 0.2) is 0 Å². The highest BCUT2D eigenvalue weighted by Crippen LogP contribution is 2.15. The highest BCUT2D eigenvalue weighted by molar-refractivity contribution is 6.22. The van der Waals surface area contributed by atoms with Gasteiger partial charge in [0, 0.05) is 19.6 Å². The maximum Gasteiger partial charge on any atom is 0.133 e. The van der Waals surface area contributed by atoms with Crippen molar-refractivity contribution in [1.82, 2.24) is 4.90 Å². The molecule has 0 aromatic heterocycles. The van der Waals surface area contributed by atoms with Crippen molar-refractivity contribution in [1.29, 1.82) is 5.26 Å². The molecule has 1 unspecified atom stereocenters. The summed E-state index contributed by atoms with van der Waals surface area (Å²) >= 11 is 5.86. The summed E-state index contributed by atoms with van der Waals surface area (Å²) in [6.07, 6.45) is 2.12. The van der Waals surface area contributed by atoms with Crippen LogP contribution in [-0.4, -0.2) is 29.9 Å². The Morgan fingerprint density at radius 3 is 2.31 bits per heavy atom. The van der Waals surface area contributed by atoms with Crippen molar-refractivity contribution in [3.8, 4) is 6.07 Å². The first kappa shape index (κ1) is 11.4. The smallest absolute Gasteiger partial charge is 0.133 e. The lowest BCUT2D eigenvalue weighted by molar-refractivity contribution is 0.296. The van der Waals surface area contributed by atoms with Crippen LogP contribution in [0.2, 0.25) is 0 Å². The summed E-state index contributed by atoms with van der Waals surface area (Å²) in [5.41, 5.74) is 2.88. The summed E-state index contributed by atoms with van der Waals surface area (Å²) in [4.78, 5) is 2.28. The Labute approximate surface area is 101 Å². The molecule has 0 aliphatic carbocycles. The van der Waals surface area contributed by atoms with E-state index in [9.17, 15) is 0 Å². The second-order valence-corrected chi connectivity index (χ2v) is 4.69. The third-order valence-corrected chi connectivity index (χ3v) is 3.31. The number of hydrogen-bond acceptors (Lipinski definition) is 2. The first-order chi connectivity index (χ1) is 7.79. The van der Waals surface area contributed by atoms with Gasteiger partial charge in [0.05, 0.1) is 6.07 Å². The average Bonchev–Trinajstić information content (AvgIpc) is 2.52. The van der Waals surface area contributed by atoms with E-state index in [1.54, 1.807) is 0 Å². The van der Waals surface area contributed by atoms with E-state index < -0.39 is 0 Å². The van der Waals surface area contributed by atoms with Crippen LogP contribution in [0.15, 0.2) is 24.3 Å². The Kier molecular flexibility index (Phi) is 3.82. The molecule has 0 saturated carbocycles. The van der Waals surface area contributed by atoms with Gasteiger partial charge >= 0.3 is 0 Å². The summed E-state index contributed by atoms with van der Waals surface area (Å²) in [5.74, 6) is 0. The molecule has 0 N–H and O–H groups in total. The predicted octanol–water partition coefficient (Wildman–Crippen LogP) is 2.22. The van der Waals surface area contributed by atoms with Crippen molar-refractivity contribution >= 4 is 11.6 Å². The number of alkyl halides is 1. The van der Waals surface area contributed by atoms with Crippen molar-refractivity contribution in [2.24, 2.45) is 0 Å². The Balaban J connectivity index is 2.00. The molecule has 0 saturated heterocycles. The fraction of sp³-hybridized carbons (Fsp3) is 0.462. The Morgan fingerprint density at radius 1 is 1.25 bits per heavy atom. The fourth-order valence-corrected chi connectivity index (χ4v) is 2.36. The monoisotopic (exact) mass is 234 g/mol. The van der Waals surface area contributed by atoms with Gasteiger partial charge in [0.2, 0.25) is 0 Å². The summed E-state index contributed by atoms with van der Waals surface area (Å²) in [7, 11) is 0. The molecular weight excluding hydrogens is 220 g/mol. The van der Waals surface area contributed by atoms with E-state index in [2.05, 4.69) is 35.2 Å². The van der Waals surface area contributed by atoms with E-state index in [1.807, 2.05) is 0 Å². The molecule has 1 aliphatic heterocycles. The molecule has 1 atom stereocenters. The maximum atomic E-state index is 8.70. The molecule has 2 rings (SSSR count). The van der Waals surface area contributed by atoms with E-state index in [1.165, 1.54) is 11.1 Å². The van der Waals surface area contributed by atoms with E-state index in [4.69, 9.17) is 16.9 Å². The van der Waals surface area contributed by atoms with Gasteiger partial charge in [0.1, 0.15) is 5.38 Å². The van der Waals surface area contributed by atoms with Crippen LogP contribution in [-0.2, 0) is 12.8 Å². The van der Waals surface area contributed by atoms with Crippen molar-refractivity contribution in [2.45, 2.75) is 18.2 Å². The molecule has 16 heavy (non-hydrogen) atoms. The van der Waals surface area contributed by atoms with E-state index in [0.29, 0.717) is 6.54 Å².